The molecule has 5 nitrogen and oxygen atoms in total. The highest BCUT2D eigenvalue weighted by molar-refractivity contribution is 7.92. The largest absolute Gasteiger partial charge is 0.495 e. The van der Waals surface area contributed by atoms with E-state index >= 15 is 0 Å². The molecule has 2 rings (SSSR count). The summed E-state index contributed by atoms with van der Waals surface area (Å²) in [5.41, 5.74) is 0.0743. The Balaban J connectivity index is 2.31. The summed E-state index contributed by atoms with van der Waals surface area (Å²) in [6.45, 7) is 0. The van der Waals surface area contributed by atoms with E-state index in [9.17, 15) is 12.8 Å². The molecule has 0 saturated carbocycles. The fraction of sp³-hybridized carbons (Fsp3) is 0.143. The number of nitrogens with one attached hydrogen (secondary N) is 1. The first-order valence-corrected chi connectivity index (χ1v) is 7.93. The summed E-state index contributed by atoms with van der Waals surface area (Å²) in [5.74, 6) is -0.290. The van der Waals surface area contributed by atoms with E-state index in [1.807, 2.05) is 0 Å². The average Bonchev–Trinajstić information content (AvgIpc) is 2.47. The lowest BCUT2D eigenvalue weighted by Crippen LogP contribution is -2.13. The average molecular weight is 346 g/mol. The maximum Gasteiger partial charge on any atom is 0.261 e. The fourth-order valence-corrected chi connectivity index (χ4v) is 3.16. The van der Waals surface area contributed by atoms with Crippen molar-refractivity contribution >= 4 is 27.3 Å². The third-order valence-electron chi connectivity index (χ3n) is 2.84. The van der Waals surface area contributed by atoms with Gasteiger partial charge in [0.1, 0.15) is 5.75 Å². The second kappa shape index (κ2) is 6.41. The molecule has 0 aliphatic rings. The lowest BCUT2D eigenvalue weighted by Gasteiger charge is -2.10. The molecule has 0 amide bonds. The summed E-state index contributed by atoms with van der Waals surface area (Å²) in [5, 5.41) is 0.159. The standard InChI is InChI=1S/C14H13ClFNO4S/c1-20-13-6-4-10(8-11(13)15)22(18,19)17-9-3-5-14(21-2)12(16)7-9/h3-8,17H,1-2H3. The van der Waals surface area contributed by atoms with Crippen LogP contribution in [0.2, 0.25) is 5.02 Å². The molecule has 118 valence electrons. The maximum atomic E-state index is 13.6. The fourth-order valence-electron chi connectivity index (χ4n) is 1.76. The molecule has 0 heterocycles. The normalized spacial score (nSPS) is 11.1. The van der Waals surface area contributed by atoms with Crippen LogP contribution in [0, 0.1) is 5.82 Å². The minimum atomic E-state index is -3.89. The van der Waals surface area contributed by atoms with Gasteiger partial charge in [-0.15, -0.1) is 0 Å². The van der Waals surface area contributed by atoms with Gasteiger partial charge in [-0.2, -0.15) is 0 Å². The van der Waals surface area contributed by atoms with Crippen molar-refractivity contribution < 1.29 is 22.3 Å². The van der Waals surface area contributed by atoms with Crippen LogP contribution in [0.4, 0.5) is 10.1 Å². The number of halogens is 2. The molecule has 1 N–H and O–H groups in total. The van der Waals surface area contributed by atoms with E-state index in [0.717, 1.165) is 6.07 Å². The van der Waals surface area contributed by atoms with Gasteiger partial charge in [0.05, 0.1) is 29.8 Å². The summed E-state index contributed by atoms with van der Waals surface area (Å²) in [6.07, 6.45) is 0. The van der Waals surface area contributed by atoms with E-state index in [0.29, 0.717) is 5.75 Å². The number of rotatable bonds is 5. The van der Waals surface area contributed by atoms with Crippen LogP contribution in [0.3, 0.4) is 0 Å². The topological polar surface area (TPSA) is 64.6 Å². The lowest BCUT2D eigenvalue weighted by atomic mass is 10.3. The molecule has 8 heteroatoms. The van der Waals surface area contributed by atoms with Crippen molar-refractivity contribution in [1.82, 2.24) is 0 Å². The molecule has 0 aliphatic heterocycles. The molecule has 0 saturated heterocycles. The molecule has 2 aromatic carbocycles. The number of benzene rings is 2. The number of ether oxygens (including phenoxy) is 2. The first-order valence-electron chi connectivity index (χ1n) is 6.07. The quantitative estimate of drug-likeness (QED) is 0.903. The third kappa shape index (κ3) is 3.42. The zero-order valence-corrected chi connectivity index (χ0v) is 13.3. The van der Waals surface area contributed by atoms with Crippen LogP contribution in [-0.2, 0) is 10.0 Å². The van der Waals surface area contributed by atoms with Crippen LogP contribution in [-0.4, -0.2) is 22.6 Å². The van der Waals surface area contributed by atoms with Crippen molar-refractivity contribution in [2.75, 3.05) is 18.9 Å². The lowest BCUT2D eigenvalue weighted by molar-refractivity contribution is 0.386. The van der Waals surface area contributed by atoms with E-state index in [2.05, 4.69) is 4.72 Å². The molecule has 0 radical (unpaired) electrons. The highest BCUT2D eigenvalue weighted by Gasteiger charge is 2.17. The molecule has 0 aliphatic carbocycles. The second-order valence-corrected chi connectivity index (χ2v) is 6.34. The SMILES string of the molecule is COc1ccc(NS(=O)(=O)c2ccc(OC)c(Cl)c2)cc1F. The Morgan fingerprint density at radius 1 is 1.05 bits per heavy atom. The number of hydrogen-bond donors (Lipinski definition) is 1. The van der Waals surface area contributed by atoms with Crippen molar-refractivity contribution in [2.45, 2.75) is 4.90 Å². The van der Waals surface area contributed by atoms with Gasteiger partial charge in [-0.1, -0.05) is 11.6 Å². The van der Waals surface area contributed by atoms with Crippen LogP contribution < -0.4 is 14.2 Å². The zero-order chi connectivity index (χ0) is 16.3. The van der Waals surface area contributed by atoms with E-state index in [1.165, 1.54) is 44.6 Å². The van der Waals surface area contributed by atoms with Gasteiger partial charge in [-0.3, -0.25) is 4.72 Å². The van der Waals surface area contributed by atoms with Crippen LogP contribution in [0.15, 0.2) is 41.3 Å². The number of hydrogen-bond acceptors (Lipinski definition) is 4. The van der Waals surface area contributed by atoms with E-state index < -0.39 is 15.8 Å². The Kier molecular flexibility index (Phi) is 4.77. The Bertz CT molecular complexity index is 795. The Morgan fingerprint density at radius 2 is 1.68 bits per heavy atom. The summed E-state index contributed by atoms with van der Waals surface area (Å²) in [4.78, 5) is -0.0606. The molecule has 22 heavy (non-hydrogen) atoms. The number of methoxy groups -OCH3 is 2. The molecule has 0 fully saturated rings. The number of sulfonamides is 1. The predicted octanol–water partition coefficient (Wildman–Crippen LogP) is 3.30. The van der Waals surface area contributed by atoms with E-state index in [4.69, 9.17) is 21.1 Å². The van der Waals surface area contributed by atoms with Gasteiger partial charge in [-0.05, 0) is 30.3 Å². The minimum absolute atomic E-state index is 0.0236. The van der Waals surface area contributed by atoms with Crippen molar-refractivity contribution in [3.8, 4) is 11.5 Å². The van der Waals surface area contributed by atoms with Gasteiger partial charge in [0.2, 0.25) is 0 Å². The number of anilines is 1. The van der Waals surface area contributed by atoms with Gasteiger partial charge < -0.3 is 9.47 Å². The zero-order valence-electron chi connectivity index (χ0n) is 11.8. The summed E-state index contributed by atoms with van der Waals surface area (Å²) >= 11 is 5.91. The maximum absolute atomic E-state index is 13.6. The summed E-state index contributed by atoms with van der Waals surface area (Å²) in [7, 11) is -1.15. The van der Waals surface area contributed by atoms with Gasteiger partial charge in [0, 0.05) is 6.07 Å². The molecular formula is C14H13ClFNO4S. The second-order valence-electron chi connectivity index (χ2n) is 4.25. The van der Waals surface area contributed by atoms with Gasteiger partial charge >= 0.3 is 0 Å². The van der Waals surface area contributed by atoms with Crippen molar-refractivity contribution in [1.29, 1.82) is 0 Å². The molecule has 0 spiro atoms. The van der Waals surface area contributed by atoms with Crippen LogP contribution in [0.25, 0.3) is 0 Å². The Morgan fingerprint density at radius 3 is 2.23 bits per heavy atom. The summed E-state index contributed by atoms with van der Waals surface area (Å²) in [6, 6.07) is 7.78. The Hall–Kier alpha value is -1.99. The van der Waals surface area contributed by atoms with E-state index in [-0.39, 0.29) is 21.4 Å². The molecule has 0 atom stereocenters. The van der Waals surface area contributed by atoms with Crippen molar-refractivity contribution in [3.63, 3.8) is 0 Å². The van der Waals surface area contributed by atoms with Crippen LogP contribution in [0.1, 0.15) is 0 Å². The molecule has 0 aromatic heterocycles. The van der Waals surface area contributed by atoms with Gasteiger partial charge in [0.15, 0.2) is 11.6 Å². The molecule has 0 unspecified atom stereocenters. The van der Waals surface area contributed by atoms with Crippen LogP contribution >= 0.6 is 11.6 Å². The molecule has 2 aromatic rings. The first kappa shape index (κ1) is 16.4. The highest BCUT2D eigenvalue weighted by atomic mass is 35.5. The monoisotopic (exact) mass is 345 g/mol. The molecular weight excluding hydrogens is 333 g/mol. The molecule has 0 bridgehead atoms. The highest BCUT2D eigenvalue weighted by Crippen LogP contribution is 2.28. The summed E-state index contributed by atoms with van der Waals surface area (Å²) < 4.78 is 50.1. The first-order chi connectivity index (χ1) is 10.4. The van der Waals surface area contributed by atoms with E-state index in [1.54, 1.807) is 0 Å². The predicted molar refractivity (Wildman–Crippen MR) is 81.8 cm³/mol. The third-order valence-corrected chi connectivity index (χ3v) is 4.51. The smallest absolute Gasteiger partial charge is 0.261 e. The van der Waals surface area contributed by atoms with Crippen LogP contribution in [0.5, 0.6) is 11.5 Å². The van der Waals surface area contributed by atoms with Gasteiger partial charge in [0.25, 0.3) is 10.0 Å². The Labute approximate surface area is 132 Å². The van der Waals surface area contributed by atoms with Crippen molar-refractivity contribution in [3.05, 3.63) is 47.2 Å². The minimum Gasteiger partial charge on any atom is -0.495 e. The van der Waals surface area contributed by atoms with Crippen molar-refractivity contribution in [2.24, 2.45) is 0 Å². The van der Waals surface area contributed by atoms with Gasteiger partial charge in [-0.25, -0.2) is 12.8 Å².